The molecule has 1 unspecified atom stereocenters. The van der Waals surface area contributed by atoms with E-state index in [0.717, 1.165) is 31.5 Å². The number of ether oxygens (including phenoxy) is 1. The van der Waals surface area contributed by atoms with E-state index in [0.29, 0.717) is 49.4 Å². The molecule has 2 heterocycles. The van der Waals surface area contributed by atoms with Gasteiger partial charge in [0.05, 0.1) is 24.7 Å². The number of benzene rings is 2. The number of nitrogens with zero attached hydrogens (tertiary/aromatic N) is 2. The Labute approximate surface area is 213 Å². The van der Waals surface area contributed by atoms with Crippen molar-refractivity contribution in [1.29, 1.82) is 0 Å². The van der Waals surface area contributed by atoms with Crippen LogP contribution < -0.4 is 5.32 Å². The van der Waals surface area contributed by atoms with Gasteiger partial charge in [0.15, 0.2) is 5.78 Å². The molecular formula is C26H34ClN3O4S. The lowest BCUT2D eigenvalue weighted by Crippen LogP contribution is -2.43. The maximum absolute atomic E-state index is 12.9. The van der Waals surface area contributed by atoms with E-state index in [9.17, 15) is 13.2 Å². The molecule has 0 bridgehead atoms. The van der Waals surface area contributed by atoms with Crippen LogP contribution in [0.25, 0.3) is 0 Å². The van der Waals surface area contributed by atoms with E-state index in [4.69, 9.17) is 16.3 Å². The Kier molecular flexibility index (Phi) is 8.97. The molecule has 2 aromatic carbocycles. The number of sulfonamides is 1. The highest BCUT2D eigenvalue weighted by atomic mass is 35.5. The fourth-order valence-corrected chi connectivity index (χ4v) is 6.24. The average molecular weight is 520 g/mol. The number of hydrogen-bond acceptors (Lipinski definition) is 6. The Morgan fingerprint density at radius 3 is 2.29 bits per heavy atom. The quantitative estimate of drug-likeness (QED) is 0.510. The monoisotopic (exact) mass is 519 g/mol. The van der Waals surface area contributed by atoms with Crippen LogP contribution in [-0.2, 0) is 14.8 Å². The van der Waals surface area contributed by atoms with Crippen molar-refractivity contribution in [2.45, 2.75) is 30.7 Å². The summed E-state index contributed by atoms with van der Waals surface area (Å²) in [5.74, 6) is 0.481. The summed E-state index contributed by atoms with van der Waals surface area (Å²) < 4.78 is 32.9. The van der Waals surface area contributed by atoms with Crippen LogP contribution in [-0.4, -0.2) is 75.9 Å². The molecule has 2 fully saturated rings. The van der Waals surface area contributed by atoms with Crippen molar-refractivity contribution >= 4 is 27.4 Å². The molecule has 1 N–H and O–H groups in total. The first-order chi connectivity index (χ1) is 16.8. The third-order valence-electron chi connectivity index (χ3n) is 6.92. The number of carbonyl (C=O) groups excluding carboxylic acids is 1. The highest BCUT2D eigenvalue weighted by Crippen LogP contribution is 2.25. The molecule has 0 saturated carbocycles. The summed E-state index contributed by atoms with van der Waals surface area (Å²) in [5.41, 5.74) is 1.64. The number of rotatable bonds is 9. The minimum Gasteiger partial charge on any atom is -0.379 e. The second kappa shape index (κ2) is 12.0. The van der Waals surface area contributed by atoms with Crippen LogP contribution in [0.1, 0.15) is 41.7 Å². The van der Waals surface area contributed by atoms with Gasteiger partial charge in [0.25, 0.3) is 0 Å². The average Bonchev–Trinajstić information content (AvgIpc) is 2.88. The summed E-state index contributed by atoms with van der Waals surface area (Å²) in [6, 6.07) is 14.2. The third-order valence-corrected chi connectivity index (χ3v) is 9.09. The highest BCUT2D eigenvalue weighted by Gasteiger charge is 2.28. The number of carbonyl (C=O) groups is 1. The van der Waals surface area contributed by atoms with Gasteiger partial charge in [0, 0.05) is 49.4 Å². The first kappa shape index (κ1) is 26.3. The first-order valence-electron chi connectivity index (χ1n) is 12.3. The second-order valence-corrected chi connectivity index (χ2v) is 11.8. The summed E-state index contributed by atoms with van der Waals surface area (Å²) in [4.78, 5) is 15.4. The molecule has 2 aromatic rings. The Balaban J connectivity index is 1.36. The fraction of sp³-hybridized carbons (Fsp3) is 0.500. The predicted octanol–water partition coefficient (Wildman–Crippen LogP) is 3.61. The van der Waals surface area contributed by atoms with Gasteiger partial charge in [-0.05, 0) is 48.6 Å². The molecule has 0 aliphatic carbocycles. The number of Topliss-reactive ketones (excluding diaryl/α,β-unsaturated/α-hetero) is 1. The van der Waals surface area contributed by atoms with Gasteiger partial charge in [-0.2, -0.15) is 4.31 Å². The molecule has 190 valence electrons. The molecule has 2 saturated heterocycles. The van der Waals surface area contributed by atoms with Gasteiger partial charge in [0.2, 0.25) is 10.0 Å². The Morgan fingerprint density at radius 1 is 1.03 bits per heavy atom. The molecule has 0 amide bonds. The van der Waals surface area contributed by atoms with Crippen LogP contribution >= 0.6 is 11.6 Å². The summed E-state index contributed by atoms with van der Waals surface area (Å²) in [7, 11) is -3.52. The van der Waals surface area contributed by atoms with Gasteiger partial charge < -0.3 is 10.1 Å². The van der Waals surface area contributed by atoms with Crippen molar-refractivity contribution in [2.24, 2.45) is 5.92 Å². The lowest BCUT2D eigenvalue weighted by Gasteiger charge is -2.35. The van der Waals surface area contributed by atoms with Crippen molar-refractivity contribution < 1.29 is 17.9 Å². The molecule has 2 aliphatic rings. The summed E-state index contributed by atoms with van der Waals surface area (Å²) in [6.45, 7) is 7.06. The Bertz CT molecular complexity index is 1080. The normalized spacial score (nSPS) is 19.5. The molecule has 35 heavy (non-hydrogen) atoms. The predicted molar refractivity (Wildman–Crippen MR) is 137 cm³/mol. The Morgan fingerprint density at radius 2 is 1.66 bits per heavy atom. The summed E-state index contributed by atoms with van der Waals surface area (Å²) in [5, 5.41) is 4.00. The lowest BCUT2D eigenvalue weighted by molar-refractivity contribution is 0.0162. The third kappa shape index (κ3) is 6.70. The summed E-state index contributed by atoms with van der Waals surface area (Å²) in [6.07, 6.45) is 1.76. The number of nitrogens with one attached hydrogen (secondary N) is 1. The molecule has 0 spiro atoms. The number of halogens is 1. The van der Waals surface area contributed by atoms with Gasteiger partial charge in [-0.15, -0.1) is 0 Å². The highest BCUT2D eigenvalue weighted by molar-refractivity contribution is 7.89. The van der Waals surface area contributed by atoms with Crippen molar-refractivity contribution in [3.8, 4) is 0 Å². The first-order valence-corrected chi connectivity index (χ1v) is 14.1. The van der Waals surface area contributed by atoms with Crippen LogP contribution in [0, 0.1) is 5.92 Å². The van der Waals surface area contributed by atoms with Crippen molar-refractivity contribution in [2.75, 3.05) is 52.5 Å². The van der Waals surface area contributed by atoms with E-state index in [2.05, 4.69) is 17.1 Å². The van der Waals surface area contributed by atoms with Crippen molar-refractivity contribution in [3.05, 3.63) is 64.7 Å². The maximum atomic E-state index is 12.9. The molecule has 0 aromatic heterocycles. The molecule has 2 aliphatic heterocycles. The van der Waals surface area contributed by atoms with Gasteiger partial charge >= 0.3 is 0 Å². The van der Waals surface area contributed by atoms with Crippen molar-refractivity contribution in [3.63, 3.8) is 0 Å². The largest absolute Gasteiger partial charge is 0.379 e. The minimum atomic E-state index is -3.52. The van der Waals surface area contributed by atoms with Gasteiger partial charge in [-0.1, -0.05) is 42.8 Å². The fourth-order valence-electron chi connectivity index (χ4n) is 4.64. The van der Waals surface area contributed by atoms with Crippen LogP contribution in [0.15, 0.2) is 53.4 Å². The van der Waals surface area contributed by atoms with E-state index < -0.39 is 10.0 Å². The molecule has 7 nitrogen and oxygen atoms in total. The Hall–Kier alpha value is -1.81. The maximum Gasteiger partial charge on any atom is 0.243 e. The molecule has 4 rings (SSSR count). The van der Waals surface area contributed by atoms with Gasteiger partial charge in [0.1, 0.15) is 0 Å². The second-order valence-electron chi connectivity index (χ2n) is 9.38. The van der Waals surface area contributed by atoms with Crippen LogP contribution in [0.4, 0.5) is 0 Å². The van der Waals surface area contributed by atoms with Crippen LogP contribution in [0.3, 0.4) is 0 Å². The number of morpholine rings is 1. The number of hydrogen-bond donors (Lipinski definition) is 1. The zero-order chi connectivity index (χ0) is 24.8. The molecular weight excluding hydrogens is 486 g/mol. The van der Waals surface area contributed by atoms with E-state index in [1.54, 1.807) is 28.6 Å². The number of ketones is 1. The van der Waals surface area contributed by atoms with E-state index in [1.165, 1.54) is 0 Å². The van der Waals surface area contributed by atoms with Crippen LogP contribution in [0.2, 0.25) is 5.02 Å². The van der Waals surface area contributed by atoms with E-state index in [-0.39, 0.29) is 23.3 Å². The van der Waals surface area contributed by atoms with Crippen LogP contribution in [0.5, 0.6) is 0 Å². The van der Waals surface area contributed by atoms with E-state index in [1.807, 2.05) is 24.3 Å². The van der Waals surface area contributed by atoms with Gasteiger partial charge in [-0.3, -0.25) is 9.69 Å². The van der Waals surface area contributed by atoms with Gasteiger partial charge in [-0.25, -0.2) is 8.42 Å². The zero-order valence-electron chi connectivity index (χ0n) is 20.2. The molecule has 0 radical (unpaired) electrons. The topological polar surface area (TPSA) is 79.0 Å². The smallest absolute Gasteiger partial charge is 0.243 e. The SMILES string of the molecule is CC1CCN(S(=O)(=O)c2ccc(C(=O)CNCC(c3ccc(Cl)cc3)N3CCOCC3)cc2)CC1. The summed E-state index contributed by atoms with van der Waals surface area (Å²) >= 11 is 6.07. The standard InChI is InChI=1S/C26H34ClN3O4S/c1-20-10-12-30(13-11-20)35(32,33)24-8-4-22(5-9-24)26(31)19-28-18-25(29-14-16-34-17-15-29)21-2-6-23(27)7-3-21/h2-9,20,25,28H,10-19H2,1H3. The molecule has 1 atom stereocenters. The number of piperidine rings is 1. The van der Waals surface area contributed by atoms with E-state index >= 15 is 0 Å². The zero-order valence-corrected chi connectivity index (χ0v) is 21.7. The van der Waals surface area contributed by atoms with Crippen molar-refractivity contribution in [1.82, 2.24) is 14.5 Å². The lowest BCUT2D eigenvalue weighted by atomic mass is 10.0. The molecule has 9 heteroatoms. The minimum absolute atomic E-state index is 0.0717.